The van der Waals surface area contributed by atoms with Gasteiger partial charge >= 0.3 is 5.97 Å². The van der Waals surface area contributed by atoms with Crippen molar-refractivity contribution >= 4 is 17.7 Å². The van der Waals surface area contributed by atoms with Crippen molar-refractivity contribution in [2.75, 3.05) is 5.75 Å². The van der Waals surface area contributed by atoms with E-state index in [9.17, 15) is 4.79 Å². The third kappa shape index (κ3) is 4.28. The molecular weight excluding hydrogens is 216 g/mol. The molecule has 1 heterocycles. The highest BCUT2D eigenvalue weighted by Gasteiger charge is 2.09. The number of hydrogen-bond acceptors (Lipinski definition) is 5. The number of nitrogens with zero attached hydrogens (tertiary/aromatic N) is 4. The molecule has 1 rings (SSSR count). The third-order valence-electron chi connectivity index (χ3n) is 1.76. The first-order chi connectivity index (χ1) is 7.24. The maximum absolute atomic E-state index is 10.5. The largest absolute Gasteiger partial charge is 0.480 e. The van der Waals surface area contributed by atoms with Crippen molar-refractivity contribution < 1.29 is 9.90 Å². The predicted octanol–water partition coefficient (Wildman–Crippen LogP) is 1.04. The van der Waals surface area contributed by atoms with Gasteiger partial charge in [0.1, 0.15) is 6.54 Å². The van der Waals surface area contributed by atoms with Gasteiger partial charge in [-0.05, 0) is 16.8 Å². The Bertz CT molecular complexity index is 315. The van der Waals surface area contributed by atoms with Gasteiger partial charge in [-0.25, -0.2) is 4.68 Å². The number of thioether (sulfide) groups is 1. The maximum Gasteiger partial charge on any atom is 0.325 e. The summed E-state index contributed by atoms with van der Waals surface area (Å²) in [6, 6.07) is 0. The van der Waals surface area contributed by atoms with Crippen LogP contribution in [0.3, 0.4) is 0 Å². The summed E-state index contributed by atoms with van der Waals surface area (Å²) in [6.45, 7) is 1.96. The summed E-state index contributed by atoms with van der Waals surface area (Å²) < 4.78 is 1.30. The van der Waals surface area contributed by atoms with Crippen molar-refractivity contribution in [2.45, 2.75) is 37.9 Å². The topological polar surface area (TPSA) is 80.9 Å². The van der Waals surface area contributed by atoms with E-state index in [1.54, 1.807) is 0 Å². The van der Waals surface area contributed by atoms with Gasteiger partial charge in [-0.2, -0.15) is 0 Å². The summed E-state index contributed by atoms with van der Waals surface area (Å²) in [5.74, 6) is -0.00824. The smallest absolute Gasteiger partial charge is 0.325 e. The molecule has 0 aliphatic heterocycles. The zero-order valence-corrected chi connectivity index (χ0v) is 9.40. The van der Waals surface area contributed by atoms with E-state index in [2.05, 4.69) is 22.4 Å². The van der Waals surface area contributed by atoms with Gasteiger partial charge in [0.25, 0.3) is 0 Å². The number of aromatic nitrogens is 4. The zero-order chi connectivity index (χ0) is 11.1. The number of rotatable bonds is 7. The highest BCUT2D eigenvalue weighted by molar-refractivity contribution is 7.99. The Hall–Kier alpha value is -1.11. The van der Waals surface area contributed by atoms with Gasteiger partial charge in [0, 0.05) is 5.75 Å². The molecule has 0 unspecified atom stereocenters. The lowest BCUT2D eigenvalue weighted by Gasteiger charge is -2.00. The summed E-state index contributed by atoms with van der Waals surface area (Å²) in [5, 5.41) is 20.0. The molecule has 0 bridgehead atoms. The van der Waals surface area contributed by atoms with E-state index in [0.29, 0.717) is 5.16 Å². The van der Waals surface area contributed by atoms with Crippen LogP contribution in [0.15, 0.2) is 5.16 Å². The van der Waals surface area contributed by atoms with Gasteiger partial charge in [0.2, 0.25) is 5.16 Å². The van der Waals surface area contributed by atoms with Crippen molar-refractivity contribution in [3.8, 4) is 0 Å². The van der Waals surface area contributed by atoms with Crippen molar-refractivity contribution in [1.29, 1.82) is 0 Å². The Morgan fingerprint density at radius 3 is 3.00 bits per heavy atom. The van der Waals surface area contributed by atoms with E-state index in [1.165, 1.54) is 29.3 Å². The van der Waals surface area contributed by atoms with E-state index in [-0.39, 0.29) is 6.54 Å². The van der Waals surface area contributed by atoms with E-state index < -0.39 is 5.97 Å². The van der Waals surface area contributed by atoms with Gasteiger partial charge in [-0.15, -0.1) is 5.10 Å². The average Bonchev–Trinajstić information content (AvgIpc) is 2.59. The second-order valence-corrected chi connectivity index (χ2v) is 4.13. The lowest BCUT2D eigenvalue weighted by Crippen LogP contribution is -2.11. The summed E-state index contributed by atoms with van der Waals surface area (Å²) in [5.41, 5.74) is 0. The highest BCUT2D eigenvalue weighted by Crippen LogP contribution is 2.15. The first kappa shape index (κ1) is 12.0. The molecule has 1 aromatic heterocycles. The monoisotopic (exact) mass is 230 g/mol. The van der Waals surface area contributed by atoms with Crippen molar-refractivity contribution in [2.24, 2.45) is 0 Å². The van der Waals surface area contributed by atoms with Crippen LogP contribution in [0, 0.1) is 0 Å². The molecule has 84 valence electrons. The molecule has 0 fully saturated rings. The molecule has 0 spiro atoms. The molecule has 0 radical (unpaired) electrons. The van der Waals surface area contributed by atoms with Crippen LogP contribution in [0.25, 0.3) is 0 Å². The van der Waals surface area contributed by atoms with E-state index in [4.69, 9.17) is 5.11 Å². The number of carboxylic acids is 1. The second kappa shape index (κ2) is 6.39. The van der Waals surface area contributed by atoms with Crippen molar-refractivity contribution in [3.05, 3.63) is 0 Å². The molecule has 0 aliphatic rings. The standard InChI is InChI=1S/C8H14N4O2S/c1-2-3-4-5-15-8-9-10-11-12(8)6-7(13)14/h2-6H2,1H3,(H,13,14). The Kier molecular flexibility index (Phi) is 5.09. The molecule has 1 aromatic rings. The number of carboxylic acid groups (broad SMARTS) is 1. The third-order valence-corrected chi connectivity index (χ3v) is 2.81. The van der Waals surface area contributed by atoms with Gasteiger partial charge < -0.3 is 5.11 Å². The lowest BCUT2D eigenvalue weighted by atomic mass is 10.3. The van der Waals surface area contributed by atoms with Gasteiger partial charge in [-0.3, -0.25) is 4.79 Å². The first-order valence-electron chi connectivity index (χ1n) is 4.84. The van der Waals surface area contributed by atoms with Gasteiger partial charge in [0.15, 0.2) is 0 Å². The summed E-state index contributed by atoms with van der Waals surface area (Å²) >= 11 is 1.50. The van der Waals surface area contributed by atoms with Crippen LogP contribution in [0.2, 0.25) is 0 Å². The predicted molar refractivity (Wildman–Crippen MR) is 55.7 cm³/mol. The number of carbonyl (C=O) groups is 1. The molecule has 6 nitrogen and oxygen atoms in total. The molecule has 0 aliphatic carbocycles. The maximum atomic E-state index is 10.5. The summed E-state index contributed by atoms with van der Waals surface area (Å²) in [7, 11) is 0. The van der Waals surface area contributed by atoms with Crippen LogP contribution in [-0.2, 0) is 11.3 Å². The minimum Gasteiger partial charge on any atom is -0.480 e. The van der Waals surface area contributed by atoms with Crippen molar-refractivity contribution in [3.63, 3.8) is 0 Å². The van der Waals surface area contributed by atoms with E-state index in [1.807, 2.05) is 0 Å². The molecule has 15 heavy (non-hydrogen) atoms. The Morgan fingerprint density at radius 2 is 2.33 bits per heavy atom. The van der Waals surface area contributed by atoms with E-state index >= 15 is 0 Å². The summed E-state index contributed by atoms with van der Waals surface area (Å²) in [6.07, 6.45) is 3.44. The van der Waals surface area contributed by atoms with Crippen LogP contribution < -0.4 is 0 Å². The SMILES string of the molecule is CCCCCSc1nnnn1CC(=O)O. The van der Waals surface area contributed by atoms with Crippen LogP contribution in [0.4, 0.5) is 0 Å². The minimum absolute atomic E-state index is 0.177. The normalized spacial score (nSPS) is 10.5. The fraction of sp³-hybridized carbons (Fsp3) is 0.750. The van der Waals surface area contributed by atoms with Crippen LogP contribution in [0.5, 0.6) is 0 Å². The molecule has 7 heteroatoms. The molecule has 1 N–H and O–H groups in total. The second-order valence-electron chi connectivity index (χ2n) is 3.07. The molecule has 0 atom stereocenters. The first-order valence-corrected chi connectivity index (χ1v) is 5.83. The van der Waals surface area contributed by atoms with Crippen molar-refractivity contribution in [1.82, 2.24) is 20.2 Å². The van der Waals surface area contributed by atoms with Gasteiger partial charge in [0.05, 0.1) is 0 Å². The molecular formula is C8H14N4O2S. The number of tetrazole rings is 1. The number of unbranched alkanes of at least 4 members (excludes halogenated alkanes) is 2. The van der Waals surface area contributed by atoms with Crippen LogP contribution >= 0.6 is 11.8 Å². The summed E-state index contributed by atoms with van der Waals surface area (Å²) in [4.78, 5) is 10.5. The fourth-order valence-electron chi connectivity index (χ4n) is 1.04. The molecule has 0 aromatic carbocycles. The quantitative estimate of drug-likeness (QED) is 0.557. The van der Waals surface area contributed by atoms with Gasteiger partial charge in [-0.1, -0.05) is 31.5 Å². The minimum atomic E-state index is -0.933. The molecule has 0 amide bonds. The fourth-order valence-corrected chi connectivity index (χ4v) is 1.92. The number of hydrogen-bond donors (Lipinski definition) is 1. The average molecular weight is 230 g/mol. The molecule has 0 saturated carbocycles. The van der Waals surface area contributed by atoms with E-state index in [0.717, 1.165) is 12.2 Å². The highest BCUT2D eigenvalue weighted by atomic mass is 32.2. The zero-order valence-electron chi connectivity index (χ0n) is 8.59. The Balaban J connectivity index is 2.39. The van der Waals surface area contributed by atoms with Crippen LogP contribution in [-0.4, -0.2) is 37.0 Å². The molecule has 0 saturated heterocycles. The van der Waals surface area contributed by atoms with Crippen LogP contribution in [0.1, 0.15) is 26.2 Å². The Labute approximate surface area is 92.0 Å². The lowest BCUT2D eigenvalue weighted by molar-refractivity contribution is -0.138. The Morgan fingerprint density at radius 1 is 1.53 bits per heavy atom. The number of aliphatic carboxylic acids is 1.